The molecule has 0 heterocycles. The highest BCUT2D eigenvalue weighted by Gasteiger charge is 2.19. The predicted molar refractivity (Wildman–Crippen MR) is 71.8 cm³/mol. The van der Waals surface area contributed by atoms with Crippen molar-refractivity contribution in [2.24, 2.45) is 0 Å². The third-order valence-electron chi connectivity index (χ3n) is 2.79. The van der Waals surface area contributed by atoms with E-state index in [9.17, 15) is 0 Å². The van der Waals surface area contributed by atoms with Crippen LogP contribution in [0.25, 0.3) is 0 Å². The third-order valence-corrected chi connectivity index (χ3v) is 2.79. The highest BCUT2D eigenvalue weighted by Crippen LogP contribution is 2.13. The minimum Gasteiger partial charge on any atom is -0.377 e. The van der Waals surface area contributed by atoms with Crippen molar-refractivity contribution in [1.82, 2.24) is 5.32 Å². The van der Waals surface area contributed by atoms with Gasteiger partial charge in [0.1, 0.15) is 0 Å². The van der Waals surface area contributed by atoms with Crippen LogP contribution in [0.2, 0.25) is 0 Å². The Kier molecular flexibility index (Phi) is 10.9. The highest BCUT2D eigenvalue weighted by atomic mass is 16.5. The average molecular weight is 227 g/mol. The standard InChI is InChI=1S/C14H29NO/c1-5-9-10-12-13(15-7-3)14(11-6-2)16-8-4/h5,13-15H,1,6-12H2,2-4H3. The van der Waals surface area contributed by atoms with Crippen LogP contribution in [0.15, 0.2) is 12.7 Å². The van der Waals surface area contributed by atoms with Crippen LogP contribution in [0.1, 0.15) is 52.9 Å². The SMILES string of the molecule is C=CCCCC(NCC)C(CCC)OCC. The van der Waals surface area contributed by atoms with Crippen molar-refractivity contribution in [3.05, 3.63) is 12.7 Å². The number of hydrogen-bond acceptors (Lipinski definition) is 2. The molecule has 2 nitrogen and oxygen atoms in total. The Morgan fingerprint density at radius 3 is 2.50 bits per heavy atom. The molecule has 0 saturated carbocycles. The van der Waals surface area contributed by atoms with Crippen molar-refractivity contribution in [1.29, 1.82) is 0 Å². The topological polar surface area (TPSA) is 21.3 Å². The van der Waals surface area contributed by atoms with E-state index in [1.54, 1.807) is 0 Å². The van der Waals surface area contributed by atoms with Gasteiger partial charge in [-0.15, -0.1) is 6.58 Å². The molecule has 0 saturated heterocycles. The fourth-order valence-corrected chi connectivity index (χ4v) is 2.06. The van der Waals surface area contributed by atoms with Gasteiger partial charge in [-0.25, -0.2) is 0 Å². The van der Waals surface area contributed by atoms with Gasteiger partial charge in [0.2, 0.25) is 0 Å². The molecule has 16 heavy (non-hydrogen) atoms. The summed E-state index contributed by atoms with van der Waals surface area (Å²) in [6, 6.07) is 0.504. The van der Waals surface area contributed by atoms with Crippen LogP contribution < -0.4 is 5.32 Å². The summed E-state index contributed by atoms with van der Waals surface area (Å²) in [6.07, 6.45) is 8.21. The Hall–Kier alpha value is -0.340. The van der Waals surface area contributed by atoms with Gasteiger partial charge in [-0.05, 0) is 39.2 Å². The van der Waals surface area contributed by atoms with E-state index >= 15 is 0 Å². The van der Waals surface area contributed by atoms with E-state index in [2.05, 4.69) is 32.7 Å². The van der Waals surface area contributed by atoms with Crippen LogP contribution in [0.5, 0.6) is 0 Å². The van der Waals surface area contributed by atoms with Gasteiger partial charge in [-0.1, -0.05) is 26.3 Å². The summed E-state index contributed by atoms with van der Waals surface area (Å²) in [6.45, 7) is 12.1. The predicted octanol–water partition coefficient (Wildman–Crippen LogP) is 3.53. The number of unbranched alkanes of at least 4 members (excludes halogenated alkanes) is 1. The first-order valence-electron chi connectivity index (χ1n) is 6.75. The quantitative estimate of drug-likeness (QED) is 0.431. The van der Waals surface area contributed by atoms with Gasteiger partial charge >= 0.3 is 0 Å². The van der Waals surface area contributed by atoms with E-state index in [1.807, 2.05) is 6.08 Å². The minimum absolute atomic E-state index is 0.375. The molecule has 0 radical (unpaired) electrons. The fourth-order valence-electron chi connectivity index (χ4n) is 2.06. The zero-order chi connectivity index (χ0) is 12.2. The van der Waals surface area contributed by atoms with E-state index in [0.29, 0.717) is 12.1 Å². The summed E-state index contributed by atoms with van der Waals surface area (Å²) in [7, 11) is 0. The van der Waals surface area contributed by atoms with Crippen LogP contribution in [0.3, 0.4) is 0 Å². The zero-order valence-corrected chi connectivity index (χ0v) is 11.3. The third kappa shape index (κ3) is 7.02. The number of rotatable bonds is 11. The number of nitrogens with one attached hydrogen (secondary N) is 1. The molecule has 0 bridgehead atoms. The molecule has 0 aromatic heterocycles. The Morgan fingerprint density at radius 1 is 1.25 bits per heavy atom. The molecule has 0 fully saturated rings. The maximum atomic E-state index is 5.84. The van der Waals surface area contributed by atoms with Gasteiger partial charge in [-0.3, -0.25) is 0 Å². The van der Waals surface area contributed by atoms with E-state index in [0.717, 1.165) is 26.0 Å². The highest BCUT2D eigenvalue weighted by molar-refractivity contribution is 4.78. The van der Waals surface area contributed by atoms with Crippen molar-refractivity contribution in [3.8, 4) is 0 Å². The smallest absolute Gasteiger partial charge is 0.0727 e. The maximum Gasteiger partial charge on any atom is 0.0727 e. The molecule has 2 unspecified atom stereocenters. The molecule has 0 aromatic rings. The molecule has 0 rings (SSSR count). The summed E-state index contributed by atoms with van der Waals surface area (Å²) >= 11 is 0. The first-order valence-corrected chi connectivity index (χ1v) is 6.75. The number of ether oxygens (including phenoxy) is 1. The van der Waals surface area contributed by atoms with Crippen molar-refractivity contribution in [2.75, 3.05) is 13.2 Å². The summed E-state index contributed by atoms with van der Waals surface area (Å²) < 4.78 is 5.84. The fraction of sp³-hybridized carbons (Fsp3) is 0.857. The lowest BCUT2D eigenvalue weighted by Crippen LogP contribution is -2.41. The van der Waals surface area contributed by atoms with Crippen LogP contribution in [-0.2, 0) is 4.74 Å². The molecule has 0 aliphatic heterocycles. The monoisotopic (exact) mass is 227 g/mol. The lowest BCUT2D eigenvalue weighted by Gasteiger charge is -2.27. The summed E-state index contributed by atoms with van der Waals surface area (Å²) in [5, 5.41) is 3.55. The van der Waals surface area contributed by atoms with Gasteiger partial charge in [0.05, 0.1) is 6.10 Å². The average Bonchev–Trinajstić information content (AvgIpc) is 2.28. The van der Waals surface area contributed by atoms with Crippen molar-refractivity contribution >= 4 is 0 Å². The van der Waals surface area contributed by atoms with Crippen LogP contribution in [0, 0.1) is 0 Å². The van der Waals surface area contributed by atoms with E-state index in [1.165, 1.54) is 19.3 Å². The van der Waals surface area contributed by atoms with E-state index in [-0.39, 0.29) is 0 Å². The van der Waals surface area contributed by atoms with Gasteiger partial charge in [0.25, 0.3) is 0 Å². The van der Waals surface area contributed by atoms with E-state index < -0.39 is 0 Å². The second kappa shape index (κ2) is 11.2. The van der Waals surface area contributed by atoms with Gasteiger partial charge in [-0.2, -0.15) is 0 Å². The number of allylic oxidation sites excluding steroid dienone is 1. The minimum atomic E-state index is 0.375. The molecular formula is C14H29NO. The van der Waals surface area contributed by atoms with Crippen LogP contribution in [-0.4, -0.2) is 25.3 Å². The largest absolute Gasteiger partial charge is 0.377 e. The second-order valence-corrected chi connectivity index (χ2v) is 4.17. The lowest BCUT2D eigenvalue weighted by atomic mass is 10.00. The van der Waals surface area contributed by atoms with Crippen LogP contribution >= 0.6 is 0 Å². The molecule has 0 aliphatic carbocycles. The van der Waals surface area contributed by atoms with Crippen molar-refractivity contribution in [2.45, 2.75) is 65.0 Å². The molecule has 0 aromatic carbocycles. The number of likely N-dealkylation sites (N-methyl/N-ethyl adjacent to an activating group) is 1. The molecule has 0 amide bonds. The Balaban J connectivity index is 4.12. The first-order chi connectivity index (χ1) is 7.79. The van der Waals surface area contributed by atoms with Crippen molar-refractivity contribution in [3.63, 3.8) is 0 Å². The maximum absolute atomic E-state index is 5.84. The van der Waals surface area contributed by atoms with Crippen LogP contribution in [0.4, 0.5) is 0 Å². The second-order valence-electron chi connectivity index (χ2n) is 4.17. The molecule has 0 aliphatic rings. The molecular weight excluding hydrogens is 198 g/mol. The molecule has 2 heteroatoms. The molecule has 96 valence electrons. The Bertz CT molecular complexity index is 153. The van der Waals surface area contributed by atoms with Crippen molar-refractivity contribution < 1.29 is 4.74 Å². The lowest BCUT2D eigenvalue weighted by molar-refractivity contribution is 0.0259. The Morgan fingerprint density at radius 2 is 2.00 bits per heavy atom. The summed E-state index contributed by atoms with van der Waals surface area (Å²) in [5.74, 6) is 0. The summed E-state index contributed by atoms with van der Waals surface area (Å²) in [5.41, 5.74) is 0. The van der Waals surface area contributed by atoms with Gasteiger partial charge in [0.15, 0.2) is 0 Å². The van der Waals surface area contributed by atoms with Gasteiger partial charge < -0.3 is 10.1 Å². The molecule has 2 atom stereocenters. The molecule has 1 N–H and O–H groups in total. The first kappa shape index (κ1) is 15.7. The number of hydrogen-bond donors (Lipinski definition) is 1. The van der Waals surface area contributed by atoms with E-state index in [4.69, 9.17) is 4.74 Å². The molecule has 0 spiro atoms. The normalized spacial score (nSPS) is 14.7. The summed E-state index contributed by atoms with van der Waals surface area (Å²) in [4.78, 5) is 0. The zero-order valence-electron chi connectivity index (χ0n) is 11.3. The Labute approximate surface area is 101 Å². The van der Waals surface area contributed by atoms with Gasteiger partial charge in [0, 0.05) is 12.6 Å².